The molecule has 3 aromatic rings. The highest BCUT2D eigenvalue weighted by Gasteiger charge is 2.26. The number of anilines is 1. The molecular weight excluding hydrogens is 330 g/mol. The fourth-order valence-corrected chi connectivity index (χ4v) is 3.25. The zero-order valence-corrected chi connectivity index (χ0v) is 14.5. The molecule has 0 bridgehead atoms. The summed E-state index contributed by atoms with van der Waals surface area (Å²) in [5.74, 6) is 1.17. The second-order valence-corrected chi connectivity index (χ2v) is 6.09. The Labute approximate surface area is 151 Å². The highest BCUT2D eigenvalue weighted by molar-refractivity contribution is 5.96. The molecule has 1 aliphatic rings. The standard InChI is InChI=1S/C19H19N5O2/c1-26-18-16(7-4-8-20-18)19(25)24-11-9-23(10-12-24)17-15-6-3-2-5-14(15)13-21-22-17/h2-8,13H,9-12H2,1H3. The number of amides is 1. The molecule has 0 aliphatic carbocycles. The van der Waals surface area contributed by atoms with E-state index in [1.807, 2.05) is 23.1 Å². The summed E-state index contributed by atoms with van der Waals surface area (Å²) in [4.78, 5) is 20.9. The normalized spacial score (nSPS) is 14.5. The first-order valence-electron chi connectivity index (χ1n) is 8.51. The lowest BCUT2D eigenvalue weighted by atomic mass is 10.1. The molecule has 0 N–H and O–H groups in total. The molecule has 0 unspecified atom stereocenters. The summed E-state index contributed by atoms with van der Waals surface area (Å²) < 4.78 is 5.21. The molecule has 1 amide bonds. The molecule has 1 saturated heterocycles. The zero-order chi connectivity index (χ0) is 17.9. The number of ether oxygens (including phenoxy) is 1. The van der Waals surface area contributed by atoms with Gasteiger partial charge in [0.25, 0.3) is 5.91 Å². The lowest BCUT2D eigenvalue weighted by Gasteiger charge is -2.35. The topological polar surface area (TPSA) is 71.5 Å². The monoisotopic (exact) mass is 349 g/mol. The number of piperazine rings is 1. The van der Waals surface area contributed by atoms with Gasteiger partial charge in [0, 0.05) is 43.1 Å². The first-order valence-corrected chi connectivity index (χ1v) is 8.51. The average Bonchev–Trinajstić information content (AvgIpc) is 2.73. The maximum atomic E-state index is 12.8. The van der Waals surface area contributed by atoms with Gasteiger partial charge >= 0.3 is 0 Å². The Balaban J connectivity index is 1.51. The van der Waals surface area contributed by atoms with Crippen LogP contribution in [0.1, 0.15) is 10.4 Å². The summed E-state index contributed by atoms with van der Waals surface area (Å²) >= 11 is 0. The Morgan fingerprint density at radius 1 is 1.08 bits per heavy atom. The van der Waals surface area contributed by atoms with Crippen molar-refractivity contribution < 1.29 is 9.53 Å². The number of methoxy groups -OCH3 is 1. The van der Waals surface area contributed by atoms with Crippen molar-refractivity contribution in [2.45, 2.75) is 0 Å². The molecule has 26 heavy (non-hydrogen) atoms. The van der Waals surface area contributed by atoms with Crippen molar-refractivity contribution >= 4 is 22.5 Å². The molecule has 2 aromatic heterocycles. The first-order chi connectivity index (χ1) is 12.8. The number of pyridine rings is 1. The van der Waals surface area contributed by atoms with Crippen molar-refractivity contribution in [3.8, 4) is 5.88 Å². The van der Waals surface area contributed by atoms with E-state index in [4.69, 9.17) is 4.74 Å². The number of benzene rings is 1. The van der Waals surface area contributed by atoms with E-state index < -0.39 is 0 Å². The van der Waals surface area contributed by atoms with E-state index in [2.05, 4.69) is 26.1 Å². The third-order valence-corrected chi connectivity index (χ3v) is 4.61. The number of aromatic nitrogens is 3. The number of carbonyl (C=O) groups excluding carboxylic acids is 1. The number of fused-ring (bicyclic) bond motifs is 1. The zero-order valence-electron chi connectivity index (χ0n) is 14.5. The van der Waals surface area contributed by atoms with Crippen LogP contribution >= 0.6 is 0 Å². The van der Waals surface area contributed by atoms with Gasteiger partial charge in [-0.3, -0.25) is 4.79 Å². The molecule has 4 rings (SSSR count). The van der Waals surface area contributed by atoms with Crippen LogP contribution in [-0.2, 0) is 0 Å². The van der Waals surface area contributed by atoms with Crippen molar-refractivity contribution in [1.29, 1.82) is 0 Å². The van der Waals surface area contributed by atoms with Crippen molar-refractivity contribution in [3.05, 3.63) is 54.4 Å². The second-order valence-electron chi connectivity index (χ2n) is 6.09. The molecule has 1 aromatic carbocycles. The Hall–Kier alpha value is -3.22. The fraction of sp³-hybridized carbons (Fsp3) is 0.263. The van der Waals surface area contributed by atoms with Crippen LogP contribution in [0.15, 0.2) is 48.8 Å². The highest BCUT2D eigenvalue weighted by Crippen LogP contribution is 2.25. The van der Waals surface area contributed by atoms with Gasteiger partial charge in [-0.2, -0.15) is 5.10 Å². The predicted molar refractivity (Wildman–Crippen MR) is 98.4 cm³/mol. The van der Waals surface area contributed by atoms with Crippen LogP contribution in [0.25, 0.3) is 10.8 Å². The summed E-state index contributed by atoms with van der Waals surface area (Å²) in [7, 11) is 1.52. The minimum Gasteiger partial charge on any atom is -0.480 e. The Morgan fingerprint density at radius 3 is 2.69 bits per heavy atom. The molecule has 7 nitrogen and oxygen atoms in total. The van der Waals surface area contributed by atoms with E-state index in [0.717, 1.165) is 16.6 Å². The SMILES string of the molecule is COc1ncccc1C(=O)N1CCN(c2nncc3ccccc23)CC1. The average molecular weight is 349 g/mol. The minimum atomic E-state index is -0.0568. The summed E-state index contributed by atoms with van der Waals surface area (Å²) in [5, 5.41) is 10.6. The predicted octanol–water partition coefficient (Wildman–Crippen LogP) is 2.00. The highest BCUT2D eigenvalue weighted by atomic mass is 16.5. The van der Waals surface area contributed by atoms with E-state index >= 15 is 0 Å². The lowest BCUT2D eigenvalue weighted by molar-refractivity contribution is 0.0742. The van der Waals surface area contributed by atoms with Crippen LogP contribution < -0.4 is 9.64 Å². The van der Waals surface area contributed by atoms with Crippen LogP contribution in [-0.4, -0.2) is 59.3 Å². The quantitative estimate of drug-likeness (QED) is 0.720. The fourth-order valence-electron chi connectivity index (χ4n) is 3.25. The Morgan fingerprint density at radius 2 is 1.88 bits per heavy atom. The van der Waals surface area contributed by atoms with E-state index in [1.54, 1.807) is 24.5 Å². The van der Waals surface area contributed by atoms with Gasteiger partial charge in [0.1, 0.15) is 5.56 Å². The third kappa shape index (κ3) is 2.92. The maximum absolute atomic E-state index is 12.8. The lowest BCUT2D eigenvalue weighted by Crippen LogP contribution is -2.49. The number of hydrogen-bond acceptors (Lipinski definition) is 6. The number of nitrogens with zero attached hydrogens (tertiary/aromatic N) is 5. The molecule has 7 heteroatoms. The van der Waals surface area contributed by atoms with Gasteiger partial charge < -0.3 is 14.5 Å². The van der Waals surface area contributed by atoms with E-state index in [9.17, 15) is 4.79 Å². The van der Waals surface area contributed by atoms with Gasteiger partial charge in [-0.25, -0.2) is 4.98 Å². The van der Waals surface area contributed by atoms with Crippen molar-refractivity contribution in [3.63, 3.8) is 0 Å². The van der Waals surface area contributed by atoms with Gasteiger partial charge in [-0.1, -0.05) is 24.3 Å². The third-order valence-electron chi connectivity index (χ3n) is 4.61. The summed E-state index contributed by atoms with van der Waals surface area (Å²) in [5.41, 5.74) is 0.494. The van der Waals surface area contributed by atoms with Gasteiger partial charge in [-0.05, 0) is 12.1 Å². The summed E-state index contributed by atoms with van der Waals surface area (Å²) in [6, 6.07) is 11.6. The van der Waals surface area contributed by atoms with Crippen LogP contribution in [0.3, 0.4) is 0 Å². The molecule has 0 atom stereocenters. The van der Waals surface area contributed by atoms with Crippen LogP contribution in [0.2, 0.25) is 0 Å². The van der Waals surface area contributed by atoms with Crippen molar-refractivity contribution in [2.75, 3.05) is 38.2 Å². The minimum absolute atomic E-state index is 0.0568. The Bertz CT molecular complexity index is 933. The van der Waals surface area contributed by atoms with E-state index in [0.29, 0.717) is 37.6 Å². The van der Waals surface area contributed by atoms with Gasteiger partial charge in [0.2, 0.25) is 5.88 Å². The number of hydrogen-bond donors (Lipinski definition) is 0. The molecule has 1 aliphatic heterocycles. The van der Waals surface area contributed by atoms with E-state index in [-0.39, 0.29) is 5.91 Å². The Kier molecular flexibility index (Phi) is 4.35. The molecule has 0 saturated carbocycles. The van der Waals surface area contributed by atoms with Gasteiger partial charge in [-0.15, -0.1) is 5.10 Å². The van der Waals surface area contributed by atoms with Crippen LogP contribution in [0, 0.1) is 0 Å². The first kappa shape index (κ1) is 16.3. The number of carbonyl (C=O) groups is 1. The molecule has 0 radical (unpaired) electrons. The van der Waals surface area contributed by atoms with E-state index in [1.165, 1.54) is 7.11 Å². The molecule has 0 spiro atoms. The van der Waals surface area contributed by atoms with Crippen molar-refractivity contribution in [1.82, 2.24) is 20.1 Å². The molecule has 3 heterocycles. The molecule has 132 valence electrons. The van der Waals surface area contributed by atoms with Gasteiger partial charge in [0.15, 0.2) is 5.82 Å². The number of rotatable bonds is 3. The molecule has 1 fully saturated rings. The summed E-state index contributed by atoms with van der Waals surface area (Å²) in [6.07, 6.45) is 3.39. The van der Waals surface area contributed by atoms with Crippen LogP contribution in [0.5, 0.6) is 5.88 Å². The maximum Gasteiger partial charge on any atom is 0.259 e. The van der Waals surface area contributed by atoms with Gasteiger partial charge in [0.05, 0.1) is 13.3 Å². The molecular formula is C19H19N5O2. The largest absolute Gasteiger partial charge is 0.480 e. The van der Waals surface area contributed by atoms with Crippen molar-refractivity contribution in [2.24, 2.45) is 0 Å². The second kappa shape index (κ2) is 6.95. The summed E-state index contributed by atoms with van der Waals surface area (Å²) in [6.45, 7) is 2.64. The smallest absolute Gasteiger partial charge is 0.259 e. The van der Waals surface area contributed by atoms with Crippen LogP contribution in [0.4, 0.5) is 5.82 Å².